The van der Waals surface area contributed by atoms with Crippen LogP contribution in [0.5, 0.6) is 23.0 Å². The van der Waals surface area contributed by atoms with Gasteiger partial charge in [0.2, 0.25) is 0 Å². The molecule has 44 heavy (non-hydrogen) atoms. The first-order chi connectivity index (χ1) is 20.9. The number of esters is 1. The van der Waals surface area contributed by atoms with Gasteiger partial charge in [0.15, 0.2) is 5.60 Å². The summed E-state index contributed by atoms with van der Waals surface area (Å²) in [4.78, 5) is 12.8. The number of benzene rings is 3. The van der Waals surface area contributed by atoms with Crippen molar-refractivity contribution in [3.05, 3.63) is 106 Å². The Kier molecular flexibility index (Phi) is 8.83. The van der Waals surface area contributed by atoms with Crippen LogP contribution < -0.4 is 10.1 Å². The minimum absolute atomic E-state index is 0.0402. The monoisotopic (exact) mass is 595 g/mol. The van der Waals surface area contributed by atoms with Crippen LogP contribution in [0, 0.1) is 5.41 Å². The molecule has 0 saturated heterocycles. The highest BCUT2D eigenvalue weighted by molar-refractivity contribution is 5.97. The standard InChI is InChI=1S/C22H16O5.C16H29N/c1-2-12-3-6-16-15(9-12)21(25)27-22(16)17-7-4-13(23)10-19(17)26-20-11-14(24)5-8-18(20)22;1-13(15-10-7-11-15)8-6-9-14(2)17-12-16(3,4)5/h3-11,23-24H,2H2,1H3;17H,2,6-12H2,1,3-5H3. The third-order valence-corrected chi connectivity index (χ3v) is 8.71. The van der Waals surface area contributed by atoms with Crippen molar-refractivity contribution in [1.29, 1.82) is 0 Å². The predicted octanol–water partition coefficient (Wildman–Crippen LogP) is 9.03. The number of phenols is 2. The van der Waals surface area contributed by atoms with E-state index >= 15 is 0 Å². The smallest absolute Gasteiger partial charge is 0.340 e. The van der Waals surface area contributed by atoms with Crippen LogP contribution in [-0.4, -0.2) is 22.7 Å². The van der Waals surface area contributed by atoms with Crippen LogP contribution >= 0.6 is 0 Å². The Balaban J connectivity index is 0.000000196. The zero-order valence-corrected chi connectivity index (χ0v) is 26.7. The maximum absolute atomic E-state index is 12.8. The highest BCUT2D eigenvalue weighted by atomic mass is 16.6. The molecular weight excluding hydrogens is 550 g/mol. The molecule has 0 amide bonds. The fourth-order valence-electron chi connectivity index (χ4n) is 5.98. The molecular formula is C38H45NO5. The van der Waals surface area contributed by atoms with Gasteiger partial charge in [0.05, 0.1) is 5.56 Å². The quantitative estimate of drug-likeness (QED) is 0.187. The lowest BCUT2D eigenvalue weighted by molar-refractivity contribution is 0.0224. The molecule has 2 aliphatic heterocycles. The Morgan fingerprint density at radius 3 is 2.09 bits per heavy atom. The molecule has 2 heterocycles. The normalized spacial score (nSPS) is 15.5. The Bertz CT molecular complexity index is 1550. The summed E-state index contributed by atoms with van der Waals surface area (Å²) in [7, 11) is 0. The minimum Gasteiger partial charge on any atom is -0.508 e. The van der Waals surface area contributed by atoms with E-state index in [1.807, 2.05) is 25.1 Å². The SMILES string of the molecule is C=C(CCCC(C)=C1CCC1)NCC(C)(C)C.CCc1ccc2c(c1)C(=O)OC21c2ccc(O)cc2Oc2cc(O)ccc21. The minimum atomic E-state index is -1.18. The van der Waals surface area contributed by atoms with E-state index in [0.717, 1.165) is 30.5 Å². The van der Waals surface area contributed by atoms with Gasteiger partial charge in [-0.25, -0.2) is 4.79 Å². The second-order valence-corrected chi connectivity index (χ2v) is 13.4. The van der Waals surface area contributed by atoms with Gasteiger partial charge in [0.1, 0.15) is 23.0 Å². The number of hydrogen-bond donors (Lipinski definition) is 3. The van der Waals surface area contributed by atoms with Crippen molar-refractivity contribution < 1.29 is 24.5 Å². The van der Waals surface area contributed by atoms with Crippen LogP contribution in [0.3, 0.4) is 0 Å². The fourth-order valence-corrected chi connectivity index (χ4v) is 5.98. The zero-order chi connectivity index (χ0) is 31.6. The summed E-state index contributed by atoms with van der Waals surface area (Å²) in [6.45, 7) is 16.2. The second kappa shape index (κ2) is 12.4. The topological polar surface area (TPSA) is 88.0 Å². The van der Waals surface area contributed by atoms with Gasteiger partial charge in [0, 0.05) is 41.1 Å². The Morgan fingerprint density at radius 1 is 0.932 bits per heavy atom. The lowest BCUT2D eigenvalue weighted by Gasteiger charge is -2.36. The van der Waals surface area contributed by atoms with E-state index in [0.29, 0.717) is 33.6 Å². The number of aromatic hydroxyl groups is 2. The molecule has 1 aliphatic carbocycles. The molecule has 3 aliphatic rings. The molecule has 6 heteroatoms. The molecule has 1 saturated carbocycles. The fraction of sp³-hybridized carbons (Fsp3) is 0.395. The van der Waals surface area contributed by atoms with Crippen molar-refractivity contribution in [1.82, 2.24) is 5.32 Å². The summed E-state index contributed by atoms with van der Waals surface area (Å²) in [5.41, 5.74) is 7.29. The van der Waals surface area contributed by atoms with Gasteiger partial charge in [0.25, 0.3) is 0 Å². The van der Waals surface area contributed by atoms with E-state index < -0.39 is 11.6 Å². The predicted molar refractivity (Wildman–Crippen MR) is 174 cm³/mol. The number of rotatable bonds is 7. The number of fused-ring (bicyclic) bond motifs is 6. The number of phenolic OH excluding ortho intramolecular Hbond substituents is 2. The molecule has 0 atom stereocenters. The number of carbonyl (C=O) groups excluding carboxylic acids is 1. The lowest BCUT2D eigenvalue weighted by atomic mass is 9.77. The van der Waals surface area contributed by atoms with E-state index in [2.05, 4.69) is 39.6 Å². The van der Waals surface area contributed by atoms with Crippen LogP contribution in [0.4, 0.5) is 0 Å². The van der Waals surface area contributed by atoms with Crippen LogP contribution in [0.25, 0.3) is 0 Å². The van der Waals surface area contributed by atoms with E-state index in [1.54, 1.807) is 35.4 Å². The van der Waals surface area contributed by atoms with Crippen LogP contribution in [0.1, 0.15) is 106 Å². The molecule has 1 fully saturated rings. The van der Waals surface area contributed by atoms with Gasteiger partial charge >= 0.3 is 5.97 Å². The third kappa shape index (κ3) is 6.35. The average molecular weight is 596 g/mol. The van der Waals surface area contributed by atoms with Crippen molar-refractivity contribution in [2.24, 2.45) is 5.41 Å². The summed E-state index contributed by atoms with van der Waals surface area (Å²) in [6.07, 6.45) is 8.54. The molecule has 0 unspecified atom stereocenters. The first kappa shape index (κ1) is 31.2. The number of nitrogens with one attached hydrogen (secondary N) is 1. The summed E-state index contributed by atoms with van der Waals surface area (Å²) in [6, 6.07) is 15.2. The Labute approximate surface area is 261 Å². The van der Waals surface area contributed by atoms with Crippen molar-refractivity contribution in [3.8, 4) is 23.0 Å². The van der Waals surface area contributed by atoms with Gasteiger partial charge in [-0.3, -0.25) is 0 Å². The first-order valence-electron chi connectivity index (χ1n) is 15.7. The molecule has 1 spiro atoms. The first-order valence-corrected chi connectivity index (χ1v) is 15.7. The second-order valence-electron chi connectivity index (χ2n) is 13.4. The van der Waals surface area contributed by atoms with E-state index in [9.17, 15) is 15.0 Å². The van der Waals surface area contributed by atoms with Crippen molar-refractivity contribution in [2.75, 3.05) is 6.54 Å². The maximum Gasteiger partial charge on any atom is 0.340 e. The number of aryl methyl sites for hydroxylation is 1. The van der Waals surface area contributed by atoms with E-state index in [-0.39, 0.29) is 11.5 Å². The third-order valence-electron chi connectivity index (χ3n) is 8.71. The van der Waals surface area contributed by atoms with Crippen molar-refractivity contribution in [3.63, 3.8) is 0 Å². The number of allylic oxidation sites excluding steroid dienone is 3. The molecule has 6 rings (SSSR count). The van der Waals surface area contributed by atoms with E-state index in [4.69, 9.17) is 9.47 Å². The molecule has 0 bridgehead atoms. The molecule has 3 aromatic carbocycles. The lowest BCUT2D eigenvalue weighted by Crippen LogP contribution is -2.32. The van der Waals surface area contributed by atoms with Gasteiger partial charge in [-0.2, -0.15) is 0 Å². The Hall–Kier alpha value is -4.19. The summed E-state index contributed by atoms with van der Waals surface area (Å²) in [5.74, 6) is 0.443. The molecule has 3 N–H and O–H groups in total. The summed E-state index contributed by atoms with van der Waals surface area (Å²) in [5, 5.41) is 23.2. The van der Waals surface area contributed by atoms with Crippen molar-refractivity contribution in [2.45, 2.75) is 85.2 Å². The molecule has 3 aromatic rings. The number of carbonyl (C=O) groups is 1. The Morgan fingerprint density at radius 2 is 1.55 bits per heavy atom. The largest absolute Gasteiger partial charge is 0.508 e. The van der Waals surface area contributed by atoms with Gasteiger partial charge in [-0.15, -0.1) is 0 Å². The van der Waals surface area contributed by atoms with E-state index in [1.165, 1.54) is 49.9 Å². The highest BCUT2D eigenvalue weighted by Gasteiger charge is 2.53. The van der Waals surface area contributed by atoms with Crippen LogP contribution in [-0.2, 0) is 16.8 Å². The average Bonchev–Trinajstić information content (AvgIpc) is 3.22. The van der Waals surface area contributed by atoms with Gasteiger partial charge in [-0.05, 0) is 93.2 Å². The molecule has 0 aromatic heterocycles. The van der Waals surface area contributed by atoms with Crippen LogP contribution in [0.15, 0.2) is 78.0 Å². The van der Waals surface area contributed by atoms with Gasteiger partial charge < -0.3 is 25.0 Å². The zero-order valence-electron chi connectivity index (χ0n) is 26.7. The molecule has 232 valence electrons. The summed E-state index contributed by atoms with van der Waals surface area (Å²) < 4.78 is 11.9. The number of ether oxygens (including phenoxy) is 2. The summed E-state index contributed by atoms with van der Waals surface area (Å²) >= 11 is 0. The van der Waals surface area contributed by atoms with Crippen molar-refractivity contribution >= 4 is 5.97 Å². The molecule has 6 nitrogen and oxygen atoms in total. The van der Waals surface area contributed by atoms with Gasteiger partial charge in [-0.1, -0.05) is 57.6 Å². The molecule has 0 radical (unpaired) electrons. The van der Waals surface area contributed by atoms with Crippen LogP contribution in [0.2, 0.25) is 0 Å². The highest BCUT2D eigenvalue weighted by Crippen LogP contribution is 2.57. The number of hydrogen-bond acceptors (Lipinski definition) is 6. The maximum atomic E-state index is 12.8.